The van der Waals surface area contributed by atoms with E-state index >= 15 is 0 Å². The first-order valence-corrected chi connectivity index (χ1v) is 3.51. The summed E-state index contributed by atoms with van der Waals surface area (Å²) < 4.78 is 10.2. The van der Waals surface area contributed by atoms with Gasteiger partial charge in [-0.15, -0.1) is 0 Å². The van der Waals surface area contributed by atoms with E-state index in [-0.39, 0.29) is 5.69 Å². The van der Waals surface area contributed by atoms with Gasteiger partial charge in [-0.3, -0.25) is 0 Å². The van der Waals surface area contributed by atoms with Crippen LogP contribution in [-0.2, 0) is 10.3 Å². The molecule has 0 atom stereocenters. The highest BCUT2D eigenvalue weighted by Gasteiger charge is 2.25. The van der Waals surface area contributed by atoms with Gasteiger partial charge in [-0.25, -0.2) is 4.98 Å². The first kappa shape index (κ1) is 8.75. The van der Waals surface area contributed by atoms with Crippen LogP contribution in [0, 0.1) is 11.3 Å². The summed E-state index contributed by atoms with van der Waals surface area (Å²) in [6, 6.07) is 1.88. The van der Waals surface area contributed by atoms with Crippen LogP contribution in [0.25, 0.3) is 0 Å². The van der Waals surface area contributed by atoms with Crippen molar-refractivity contribution < 1.29 is 9.15 Å². The third-order valence-electron chi connectivity index (χ3n) is 1.64. The Morgan fingerprint density at radius 3 is 2.75 bits per heavy atom. The van der Waals surface area contributed by atoms with Crippen LogP contribution >= 0.6 is 0 Å². The van der Waals surface area contributed by atoms with Crippen molar-refractivity contribution in [2.75, 3.05) is 7.11 Å². The first-order valence-electron chi connectivity index (χ1n) is 3.51. The molecule has 0 radical (unpaired) electrons. The molecular weight excluding hydrogens is 156 g/mol. The number of hydrogen-bond donors (Lipinski definition) is 0. The summed E-state index contributed by atoms with van der Waals surface area (Å²) in [4.78, 5) is 3.92. The Hall–Kier alpha value is -1.34. The zero-order valence-corrected chi connectivity index (χ0v) is 7.29. The van der Waals surface area contributed by atoms with Crippen molar-refractivity contribution >= 4 is 0 Å². The molecule has 0 spiro atoms. The van der Waals surface area contributed by atoms with Crippen LogP contribution in [0.5, 0.6) is 0 Å². The fourth-order valence-electron chi connectivity index (χ4n) is 0.689. The van der Waals surface area contributed by atoms with Gasteiger partial charge in [0.25, 0.3) is 0 Å². The highest BCUT2D eigenvalue weighted by Crippen LogP contribution is 2.22. The van der Waals surface area contributed by atoms with Crippen molar-refractivity contribution in [2.45, 2.75) is 19.4 Å². The number of ether oxygens (including phenoxy) is 1. The molecule has 1 aromatic rings. The van der Waals surface area contributed by atoms with Crippen LogP contribution in [0.3, 0.4) is 0 Å². The minimum Gasteiger partial charge on any atom is -0.444 e. The standard InChI is InChI=1S/C8H10N2O2/c1-8(2,11-3)7-10-6(4-9)5-12-7/h5H,1-3H3. The fraction of sp³-hybridized carbons (Fsp3) is 0.500. The fourth-order valence-corrected chi connectivity index (χ4v) is 0.689. The maximum Gasteiger partial charge on any atom is 0.227 e. The molecule has 0 aliphatic rings. The molecule has 4 heteroatoms. The van der Waals surface area contributed by atoms with Crippen LogP contribution in [0.15, 0.2) is 10.7 Å². The minimum absolute atomic E-state index is 0.273. The molecule has 0 N–H and O–H groups in total. The molecule has 0 aromatic carbocycles. The molecule has 0 aliphatic heterocycles. The van der Waals surface area contributed by atoms with E-state index in [2.05, 4.69) is 4.98 Å². The molecule has 0 aliphatic carbocycles. The molecular formula is C8H10N2O2. The number of oxazole rings is 1. The van der Waals surface area contributed by atoms with E-state index in [9.17, 15) is 0 Å². The molecule has 64 valence electrons. The SMILES string of the molecule is COC(C)(C)c1nc(C#N)co1. The van der Waals surface area contributed by atoms with Gasteiger partial charge in [-0.2, -0.15) is 5.26 Å². The third-order valence-corrected chi connectivity index (χ3v) is 1.64. The van der Waals surface area contributed by atoms with Gasteiger partial charge >= 0.3 is 0 Å². The van der Waals surface area contributed by atoms with Crippen LogP contribution < -0.4 is 0 Å². The Kier molecular flexibility index (Phi) is 2.15. The molecule has 0 amide bonds. The molecule has 0 saturated carbocycles. The van der Waals surface area contributed by atoms with Gasteiger partial charge in [-0.1, -0.05) is 0 Å². The topological polar surface area (TPSA) is 59.0 Å². The average Bonchev–Trinajstić information content (AvgIpc) is 2.52. The summed E-state index contributed by atoms with van der Waals surface area (Å²) in [5, 5.41) is 8.48. The summed E-state index contributed by atoms with van der Waals surface area (Å²) in [7, 11) is 1.57. The van der Waals surface area contributed by atoms with E-state index in [0.29, 0.717) is 5.89 Å². The Labute approximate surface area is 70.8 Å². The minimum atomic E-state index is -0.574. The lowest BCUT2D eigenvalue weighted by atomic mass is 10.1. The maximum atomic E-state index is 8.48. The first-order chi connectivity index (χ1) is 5.60. The quantitative estimate of drug-likeness (QED) is 0.666. The Morgan fingerprint density at radius 1 is 1.67 bits per heavy atom. The van der Waals surface area contributed by atoms with E-state index in [1.807, 2.05) is 19.9 Å². The number of hydrogen-bond acceptors (Lipinski definition) is 4. The van der Waals surface area contributed by atoms with Crippen LogP contribution in [-0.4, -0.2) is 12.1 Å². The summed E-state index contributed by atoms with van der Waals surface area (Å²) in [6.07, 6.45) is 1.32. The van der Waals surface area contributed by atoms with Gasteiger partial charge in [0.2, 0.25) is 5.89 Å². The molecule has 0 saturated heterocycles. The van der Waals surface area contributed by atoms with E-state index in [1.54, 1.807) is 7.11 Å². The number of nitrogens with zero attached hydrogens (tertiary/aromatic N) is 2. The van der Waals surface area contributed by atoms with E-state index < -0.39 is 5.60 Å². The second-order valence-electron chi connectivity index (χ2n) is 2.86. The van der Waals surface area contributed by atoms with Crippen LogP contribution in [0.1, 0.15) is 25.4 Å². The van der Waals surface area contributed by atoms with Gasteiger partial charge in [-0.05, 0) is 13.8 Å². The highest BCUT2D eigenvalue weighted by molar-refractivity contribution is 5.16. The Balaban J connectivity index is 2.98. The Bertz CT molecular complexity index is 309. The highest BCUT2D eigenvalue weighted by atomic mass is 16.5. The molecule has 0 bridgehead atoms. The van der Waals surface area contributed by atoms with Crippen LogP contribution in [0.4, 0.5) is 0 Å². The lowest BCUT2D eigenvalue weighted by Crippen LogP contribution is -2.19. The monoisotopic (exact) mass is 166 g/mol. The maximum absolute atomic E-state index is 8.48. The van der Waals surface area contributed by atoms with Crippen molar-refractivity contribution in [3.63, 3.8) is 0 Å². The molecule has 0 fully saturated rings. The summed E-state index contributed by atoms with van der Waals surface area (Å²) >= 11 is 0. The van der Waals surface area contributed by atoms with E-state index in [1.165, 1.54) is 6.26 Å². The van der Waals surface area contributed by atoms with Gasteiger partial charge < -0.3 is 9.15 Å². The second kappa shape index (κ2) is 2.95. The number of aromatic nitrogens is 1. The summed E-state index contributed by atoms with van der Waals surface area (Å²) in [5.74, 6) is 0.418. The summed E-state index contributed by atoms with van der Waals surface area (Å²) in [6.45, 7) is 3.64. The van der Waals surface area contributed by atoms with Gasteiger partial charge in [0.1, 0.15) is 17.9 Å². The lowest BCUT2D eigenvalue weighted by molar-refractivity contribution is -0.00366. The van der Waals surface area contributed by atoms with E-state index in [4.69, 9.17) is 14.4 Å². The van der Waals surface area contributed by atoms with Crippen LogP contribution in [0.2, 0.25) is 0 Å². The molecule has 1 heterocycles. The number of nitriles is 1. The smallest absolute Gasteiger partial charge is 0.227 e. The zero-order chi connectivity index (χ0) is 9.19. The van der Waals surface area contributed by atoms with E-state index in [0.717, 1.165) is 0 Å². The lowest BCUT2D eigenvalue weighted by Gasteiger charge is -2.17. The molecule has 1 rings (SSSR count). The van der Waals surface area contributed by atoms with Crippen molar-refractivity contribution in [1.29, 1.82) is 5.26 Å². The molecule has 4 nitrogen and oxygen atoms in total. The predicted molar refractivity (Wildman–Crippen MR) is 41.3 cm³/mol. The van der Waals surface area contributed by atoms with Gasteiger partial charge in [0, 0.05) is 7.11 Å². The molecule has 0 unspecified atom stereocenters. The van der Waals surface area contributed by atoms with Crippen molar-refractivity contribution in [3.05, 3.63) is 17.8 Å². The van der Waals surface area contributed by atoms with Gasteiger partial charge in [0.15, 0.2) is 5.69 Å². The largest absolute Gasteiger partial charge is 0.444 e. The molecule has 12 heavy (non-hydrogen) atoms. The Morgan fingerprint density at radius 2 is 2.33 bits per heavy atom. The van der Waals surface area contributed by atoms with Gasteiger partial charge in [0.05, 0.1) is 0 Å². The van der Waals surface area contributed by atoms with Crippen molar-refractivity contribution in [2.24, 2.45) is 0 Å². The third kappa shape index (κ3) is 1.46. The normalized spacial score (nSPS) is 11.2. The zero-order valence-electron chi connectivity index (χ0n) is 7.29. The number of methoxy groups -OCH3 is 1. The van der Waals surface area contributed by atoms with Crippen molar-refractivity contribution in [3.8, 4) is 6.07 Å². The molecule has 1 aromatic heterocycles. The predicted octanol–water partition coefficient (Wildman–Crippen LogP) is 1.43. The van der Waals surface area contributed by atoms with Crippen molar-refractivity contribution in [1.82, 2.24) is 4.98 Å². The summed E-state index contributed by atoms with van der Waals surface area (Å²) in [5.41, 5.74) is -0.301. The average molecular weight is 166 g/mol. The number of rotatable bonds is 2. The second-order valence-corrected chi connectivity index (χ2v) is 2.86.